The van der Waals surface area contributed by atoms with Gasteiger partial charge in [-0.1, -0.05) is 0 Å². The molecular weight excluding hydrogens is 219 g/mol. The third-order valence-electron chi connectivity index (χ3n) is 2.53. The van der Waals surface area contributed by atoms with Crippen molar-refractivity contribution in [3.63, 3.8) is 0 Å². The highest BCUT2D eigenvalue weighted by Crippen LogP contribution is 2.29. The van der Waals surface area contributed by atoms with Gasteiger partial charge in [0.1, 0.15) is 5.82 Å². The van der Waals surface area contributed by atoms with Crippen molar-refractivity contribution >= 4 is 10.9 Å². The van der Waals surface area contributed by atoms with Crippen molar-refractivity contribution in [1.82, 2.24) is 4.98 Å². The van der Waals surface area contributed by atoms with Crippen LogP contribution in [0.3, 0.4) is 0 Å². The molecule has 0 saturated carbocycles. The molecule has 0 radical (unpaired) electrons. The number of methoxy groups -OCH3 is 1. The molecule has 0 unspecified atom stereocenters. The minimum Gasteiger partial charge on any atom is -0.380 e. The topological polar surface area (TPSA) is 25.0 Å². The fourth-order valence-electron chi connectivity index (χ4n) is 1.78. The first-order chi connectivity index (χ1) is 7.56. The number of H-pyrrole nitrogens is 1. The fourth-order valence-corrected chi connectivity index (χ4v) is 1.78. The van der Waals surface area contributed by atoms with E-state index in [1.165, 1.54) is 7.11 Å². The molecule has 0 spiro atoms. The second-order valence-electron chi connectivity index (χ2n) is 3.57. The Morgan fingerprint density at radius 3 is 2.56 bits per heavy atom. The Bertz CT molecular complexity index is 548. The molecule has 2 aromatic rings. The van der Waals surface area contributed by atoms with E-state index in [4.69, 9.17) is 4.74 Å². The van der Waals surface area contributed by atoms with Gasteiger partial charge in [0.25, 0.3) is 0 Å². The van der Waals surface area contributed by atoms with Crippen LogP contribution in [0.25, 0.3) is 10.9 Å². The van der Waals surface area contributed by atoms with Crippen LogP contribution in [-0.4, -0.2) is 12.1 Å². The van der Waals surface area contributed by atoms with Crippen molar-refractivity contribution in [2.75, 3.05) is 7.11 Å². The normalized spacial score (nSPS) is 11.3. The molecule has 1 aromatic carbocycles. The number of ether oxygens (including phenoxy) is 1. The Kier molecular flexibility index (Phi) is 2.63. The number of aromatic amines is 1. The minimum absolute atomic E-state index is 0.0246. The highest BCUT2D eigenvalue weighted by molar-refractivity contribution is 5.85. The summed E-state index contributed by atoms with van der Waals surface area (Å²) < 4.78 is 44.9. The van der Waals surface area contributed by atoms with Crippen LogP contribution in [0.5, 0.6) is 0 Å². The lowest BCUT2D eigenvalue weighted by Gasteiger charge is -2.01. The molecule has 0 aliphatic heterocycles. The Labute approximate surface area is 90.0 Å². The molecule has 1 N–H and O–H groups in total. The lowest BCUT2D eigenvalue weighted by Crippen LogP contribution is -1.93. The molecule has 1 aromatic heterocycles. The fraction of sp³-hybridized carbons (Fsp3) is 0.273. The molecule has 16 heavy (non-hydrogen) atoms. The van der Waals surface area contributed by atoms with Crippen LogP contribution < -0.4 is 0 Å². The molecule has 2 nitrogen and oxygen atoms in total. The van der Waals surface area contributed by atoms with Crippen LogP contribution in [0.2, 0.25) is 0 Å². The number of aryl methyl sites for hydroxylation is 1. The first kappa shape index (κ1) is 11.0. The molecule has 2 rings (SSSR count). The average Bonchev–Trinajstić information content (AvgIpc) is 2.55. The SMILES string of the molecule is COCc1c(C)[nH]c2c(F)cc(F)c(F)c12. The highest BCUT2D eigenvalue weighted by atomic mass is 19.2. The monoisotopic (exact) mass is 229 g/mol. The molecule has 5 heteroatoms. The van der Waals surface area contributed by atoms with Crippen molar-refractivity contribution < 1.29 is 17.9 Å². The van der Waals surface area contributed by atoms with Crippen LogP contribution in [0.1, 0.15) is 11.3 Å². The summed E-state index contributed by atoms with van der Waals surface area (Å²) in [6.45, 7) is 1.76. The quantitative estimate of drug-likeness (QED) is 0.786. The van der Waals surface area contributed by atoms with E-state index in [1.807, 2.05) is 0 Å². The number of hydrogen-bond acceptors (Lipinski definition) is 1. The number of nitrogens with one attached hydrogen (secondary N) is 1. The maximum atomic E-state index is 13.6. The summed E-state index contributed by atoms with van der Waals surface area (Å²) >= 11 is 0. The molecule has 86 valence electrons. The van der Waals surface area contributed by atoms with Crippen molar-refractivity contribution in [3.8, 4) is 0 Å². The summed E-state index contributed by atoms with van der Waals surface area (Å²) in [6.07, 6.45) is 0. The van der Waals surface area contributed by atoms with Gasteiger partial charge in [0.15, 0.2) is 11.6 Å². The van der Waals surface area contributed by atoms with Gasteiger partial charge in [-0.25, -0.2) is 13.2 Å². The third-order valence-corrected chi connectivity index (χ3v) is 2.53. The number of rotatable bonds is 2. The molecule has 0 saturated heterocycles. The van der Waals surface area contributed by atoms with Gasteiger partial charge in [-0.15, -0.1) is 0 Å². The zero-order chi connectivity index (χ0) is 11.9. The van der Waals surface area contributed by atoms with E-state index in [9.17, 15) is 13.2 Å². The van der Waals surface area contributed by atoms with E-state index in [-0.39, 0.29) is 17.5 Å². The van der Waals surface area contributed by atoms with E-state index >= 15 is 0 Å². The smallest absolute Gasteiger partial charge is 0.168 e. The zero-order valence-electron chi connectivity index (χ0n) is 8.83. The summed E-state index contributed by atoms with van der Waals surface area (Å²) in [5, 5.41) is -0.0724. The maximum Gasteiger partial charge on any atom is 0.168 e. The standard InChI is InChI=1S/C11H10F3NO/c1-5-6(4-16-2)9-10(14)7(12)3-8(13)11(9)15-5/h3,15H,4H2,1-2H3. The maximum absolute atomic E-state index is 13.6. The van der Waals surface area contributed by atoms with Crippen molar-refractivity contribution in [2.24, 2.45) is 0 Å². The van der Waals surface area contributed by atoms with Gasteiger partial charge in [-0.05, 0) is 6.92 Å². The van der Waals surface area contributed by atoms with Crippen LogP contribution in [0.15, 0.2) is 6.07 Å². The number of aromatic nitrogens is 1. The van der Waals surface area contributed by atoms with Gasteiger partial charge in [0.2, 0.25) is 0 Å². The van der Waals surface area contributed by atoms with E-state index in [1.54, 1.807) is 6.92 Å². The molecule has 0 amide bonds. The van der Waals surface area contributed by atoms with Crippen LogP contribution in [0, 0.1) is 24.4 Å². The summed E-state index contributed by atoms with van der Waals surface area (Å²) in [4.78, 5) is 2.69. The van der Waals surface area contributed by atoms with Crippen molar-refractivity contribution in [2.45, 2.75) is 13.5 Å². The minimum atomic E-state index is -1.19. The summed E-state index contributed by atoms with van der Waals surface area (Å²) in [5.41, 5.74) is 0.983. The van der Waals surface area contributed by atoms with Crippen molar-refractivity contribution in [3.05, 3.63) is 34.8 Å². The van der Waals surface area contributed by atoms with Crippen molar-refractivity contribution in [1.29, 1.82) is 0 Å². The Morgan fingerprint density at radius 1 is 1.25 bits per heavy atom. The third kappa shape index (κ3) is 1.48. The molecule has 1 heterocycles. The van der Waals surface area contributed by atoms with Gasteiger partial charge < -0.3 is 9.72 Å². The second kappa shape index (κ2) is 3.83. The zero-order valence-corrected chi connectivity index (χ0v) is 8.83. The van der Waals surface area contributed by atoms with Gasteiger partial charge in [-0.3, -0.25) is 0 Å². The average molecular weight is 229 g/mol. The number of fused-ring (bicyclic) bond motifs is 1. The lowest BCUT2D eigenvalue weighted by molar-refractivity contribution is 0.185. The summed E-state index contributed by atoms with van der Waals surface area (Å²) in [6, 6.07) is 0.532. The van der Waals surface area contributed by atoms with Gasteiger partial charge in [0.05, 0.1) is 12.1 Å². The molecule has 0 bridgehead atoms. The van der Waals surface area contributed by atoms with Crippen LogP contribution in [0.4, 0.5) is 13.2 Å². The van der Waals surface area contributed by atoms with E-state index in [2.05, 4.69) is 4.98 Å². The van der Waals surface area contributed by atoms with Gasteiger partial charge in [-0.2, -0.15) is 0 Å². The van der Waals surface area contributed by atoms with Gasteiger partial charge in [0, 0.05) is 29.8 Å². The largest absolute Gasteiger partial charge is 0.380 e. The Morgan fingerprint density at radius 2 is 1.94 bits per heavy atom. The highest BCUT2D eigenvalue weighted by Gasteiger charge is 2.19. The molecule has 0 atom stereocenters. The lowest BCUT2D eigenvalue weighted by atomic mass is 10.1. The molecule has 0 fully saturated rings. The number of benzene rings is 1. The van der Waals surface area contributed by atoms with E-state index < -0.39 is 17.5 Å². The predicted molar refractivity (Wildman–Crippen MR) is 53.6 cm³/mol. The summed E-state index contributed by atoms with van der Waals surface area (Å²) in [7, 11) is 1.44. The van der Waals surface area contributed by atoms with E-state index in [0.717, 1.165) is 0 Å². The first-order valence-corrected chi connectivity index (χ1v) is 4.69. The number of halogens is 3. The number of hydrogen-bond donors (Lipinski definition) is 1. The van der Waals surface area contributed by atoms with Crippen LogP contribution >= 0.6 is 0 Å². The molecule has 0 aliphatic rings. The Hall–Kier alpha value is -1.49. The Balaban J connectivity index is 2.85. The summed E-state index contributed by atoms with van der Waals surface area (Å²) in [5.74, 6) is -3.05. The molecule has 0 aliphatic carbocycles. The van der Waals surface area contributed by atoms with Gasteiger partial charge >= 0.3 is 0 Å². The molecular formula is C11H10F3NO. The first-order valence-electron chi connectivity index (χ1n) is 4.69. The van der Waals surface area contributed by atoms with E-state index in [0.29, 0.717) is 17.3 Å². The predicted octanol–water partition coefficient (Wildman–Crippen LogP) is 3.04. The second-order valence-corrected chi connectivity index (χ2v) is 3.57. The van der Waals surface area contributed by atoms with Crippen LogP contribution in [-0.2, 0) is 11.3 Å².